The summed E-state index contributed by atoms with van der Waals surface area (Å²) in [6.45, 7) is 6.83. The van der Waals surface area contributed by atoms with Crippen molar-refractivity contribution in [3.63, 3.8) is 0 Å². The highest BCUT2D eigenvalue weighted by atomic mass is 16.2. The molecule has 5 nitrogen and oxygen atoms in total. The average molecular weight is 277 g/mol. The van der Waals surface area contributed by atoms with Crippen LogP contribution >= 0.6 is 0 Å². The molecular weight excluding hydrogens is 254 g/mol. The molecular formula is C15H23N3O2. The molecule has 0 spiro atoms. The van der Waals surface area contributed by atoms with E-state index < -0.39 is 0 Å². The zero-order valence-electron chi connectivity index (χ0n) is 12.3. The summed E-state index contributed by atoms with van der Waals surface area (Å²) < 4.78 is 0. The van der Waals surface area contributed by atoms with Gasteiger partial charge >= 0.3 is 6.03 Å². The number of urea groups is 1. The van der Waals surface area contributed by atoms with Gasteiger partial charge in [0.1, 0.15) is 0 Å². The molecule has 110 valence electrons. The summed E-state index contributed by atoms with van der Waals surface area (Å²) in [5.41, 5.74) is 0.400. The molecule has 0 aliphatic carbocycles. The molecule has 20 heavy (non-hydrogen) atoms. The van der Waals surface area contributed by atoms with Crippen LogP contribution in [-0.4, -0.2) is 30.6 Å². The van der Waals surface area contributed by atoms with Gasteiger partial charge in [-0.3, -0.25) is 4.79 Å². The van der Waals surface area contributed by atoms with Gasteiger partial charge in [0, 0.05) is 24.2 Å². The summed E-state index contributed by atoms with van der Waals surface area (Å²) in [4.78, 5) is 23.2. The molecule has 3 amide bonds. The summed E-state index contributed by atoms with van der Waals surface area (Å²) in [5.74, 6) is -0.0928. The maximum Gasteiger partial charge on any atom is 0.315 e. The zero-order valence-corrected chi connectivity index (χ0v) is 12.3. The Morgan fingerprint density at radius 1 is 1.00 bits per heavy atom. The van der Waals surface area contributed by atoms with E-state index in [4.69, 9.17) is 0 Å². The molecule has 3 N–H and O–H groups in total. The van der Waals surface area contributed by atoms with Crippen molar-refractivity contribution in [1.29, 1.82) is 0 Å². The SMILES string of the molecule is CC(C)(C)NC(=O)NCCCNC(=O)c1ccccc1. The van der Waals surface area contributed by atoms with Crippen molar-refractivity contribution in [3.8, 4) is 0 Å². The van der Waals surface area contributed by atoms with E-state index in [-0.39, 0.29) is 17.5 Å². The summed E-state index contributed by atoms with van der Waals surface area (Å²) in [7, 11) is 0. The Balaban J connectivity index is 2.14. The Hall–Kier alpha value is -2.04. The maximum atomic E-state index is 11.7. The number of nitrogens with one attached hydrogen (secondary N) is 3. The standard InChI is InChI=1S/C15H23N3O2/c1-15(2,3)18-14(20)17-11-7-10-16-13(19)12-8-5-4-6-9-12/h4-6,8-9H,7,10-11H2,1-3H3,(H,16,19)(H2,17,18,20). The monoisotopic (exact) mass is 277 g/mol. The van der Waals surface area contributed by atoms with Crippen LogP contribution in [0.1, 0.15) is 37.6 Å². The number of benzene rings is 1. The second-order valence-electron chi connectivity index (χ2n) is 5.61. The molecule has 0 heterocycles. The van der Waals surface area contributed by atoms with Crippen LogP contribution in [0.3, 0.4) is 0 Å². The molecule has 0 radical (unpaired) electrons. The third-order valence-electron chi connectivity index (χ3n) is 2.45. The van der Waals surface area contributed by atoms with Gasteiger partial charge in [0.25, 0.3) is 5.91 Å². The van der Waals surface area contributed by atoms with Gasteiger partial charge in [0.15, 0.2) is 0 Å². The molecule has 0 unspecified atom stereocenters. The molecule has 1 aromatic rings. The first-order valence-corrected chi connectivity index (χ1v) is 6.78. The highest BCUT2D eigenvalue weighted by molar-refractivity contribution is 5.94. The van der Waals surface area contributed by atoms with Crippen LogP contribution in [-0.2, 0) is 0 Å². The highest BCUT2D eigenvalue weighted by Gasteiger charge is 2.12. The molecule has 0 bridgehead atoms. The van der Waals surface area contributed by atoms with Crippen LogP contribution in [0, 0.1) is 0 Å². The summed E-state index contributed by atoms with van der Waals surface area (Å²) in [6, 6.07) is 8.87. The highest BCUT2D eigenvalue weighted by Crippen LogP contribution is 1.98. The number of hydrogen-bond donors (Lipinski definition) is 3. The Morgan fingerprint density at radius 2 is 1.60 bits per heavy atom. The largest absolute Gasteiger partial charge is 0.352 e. The van der Waals surface area contributed by atoms with Gasteiger partial charge in [-0.1, -0.05) is 18.2 Å². The van der Waals surface area contributed by atoms with E-state index in [9.17, 15) is 9.59 Å². The van der Waals surface area contributed by atoms with E-state index in [1.54, 1.807) is 12.1 Å². The van der Waals surface area contributed by atoms with Gasteiger partial charge in [-0.25, -0.2) is 4.79 Å². The van der Waals surface area contributed by atoms with Gasteiger partial charge < -0.3 is 16.0 Å². The van der Waals surface area contributed by atoms with Crippen LogP contribution in [0.5, 0.6) is 0 Å². The molecule has 0 fully saturated rings. The minimum Gasteiger partial charge on any atom is -0.352 e. The third kappa shape index (κ3) is 6.78. The van der Waals surface area contributed by atoms with Gasteiger partial charge in [0.05, 0.1) is 0 Å². The number of carbonyl (C=O) groups is 2. The fourth-order valence-corrected chi connectivity index (χ4v) is 1.57. The maximum absolute atomic E-state index is 11.7. The smallest absolute Gasteiger partial charge is 0.315 e. The van der Waals surface area contributed by atoms with Gasteiger partial charge in [-0.15, -0.1) is 0 Å². The van der Waals surface area contributed by atoms with E-state index in [2.05, 4.69) is 16.0 Å². The van der Waals surface area contributed by atoms with Crippen molar-refractivity contribution >= 4 is 11.9 Å². The van der Waals surface area contributed by atoms with Crippen molar-refractivity contribution in [2.24, 2.45) is 0 Å². The Morgan fingerprint density at radius 3 is 2.20 bits per heavy atom. The fraction of sp³-hybridized carbons (Fsp3) is 0.467. The summed E-state index contributed by atoms with van der Waals surface area (Å²) in [5, 5.41) is 8.37. The normalized spacial score (nSPS) is 10.8. The minimum absolute atomic E-state index is 0.0928. The van der Waals surface area contributed by atoms with Crippen LogP contribution < -0.4 is 16.0 Å². The van der Waals surface area contributed by atoms with E-state index in [0.717, 1.165) is 0 Å². The quantitative estimate of drug-likeness (QED) is 0.719. The first-order valence-electron chi connectivity index (χ1n) is 6.78. The number of rotatable bonds is 5. The molecule has 1 rings (SSSR count). The van der Waals surface area contributed by atoms with E-state index >= 15 is 0 Å². The van der Waals surface area contributed by atoms with Crippen molar-refractivity contribution in [2.75, 3.05) is 13.1 Å². The average Bonchev–Trinajstić information content (AvgIpc) is 2.37. The van der Waals surface area contributed by atoms with Gasteiger partial charge in [-0.05, 0) is 39.3 Å². The number of amides is 3. The lowest BCUT2D eigenvalue weighted by atomic mass is 10.1. The molecule has 5 heteroatoms. The third-order valence-corrected chi connectivity index (χ3v) is 2.45. The van der Waals surface area contributed by atoms with Crippen molar-refractivity contribution in [2.45, 2.75) is 32.7 Å². The number of carbonyl (C=O) groups excluding carboxylic acids is 2. The lowest BCUT2D eigenvalue weighted by Gasteiger charge is -2.20. The zero-order chi connectivity index (χ0) is 15.0. The lowest BCUT2D eigenvalue weighted by molar-refractivity contribution is 0.0953. The molecule has 0 saturated carbocycles. The van der Waals surface area contributed by atoms with Crippen LogP contribution in [0.15, 0.2) is 30.3 Å². The molecule has 0 atom stereocenters. The first kappa shape index (κ1) is 16.0. The van der Waals surface area contributed by atoms with Crippen LogP contribution in [0.4, 0.5) is 4.79 Å². The predicted octanol–water partition coefficient (Wildman–Crippen LogP) is 1.90. The summed E-state index contributed by atoms with van der Waals surface area (Å²) >= 11 is 0. The molecule has 0 saturated heterocycles. The Kier molecular flexibility index (Phi) is 6.03. The Labute approximate surface area is 120 Å². The number of hydrogen-bond acceptors (Lipinski definition) is 2. The van der Waals surface area contributed by atoms with E-state index in [1.165, 1.54) is 0 Å². The molecule has 0 aliphatic heterocycles. The topological polar surface area (TPSA) is 70.2 Å². The van der Waals surface area contributed by atoms with Crippen molar-refractivity contribution < 1.29 is 9.59 Å². The van der Waals surface area contributed by atoms with E-state index in [1.807, 2.05) is 39.0 Å². The fourth-order valence-electron chi connectivity index (χ4n) is 1.57. The van der Waals surface area contributed by atoms with E-state index in [0.29, 0.717) is 25.1 Å². The molecule has 1 aromatic carbocycles. The van der Waals surface area contributed by atoms with Crippen LogP contribution in [0.25, 0.3) is 0 Å². The minimum atomic E-state index is -0.244. The Bertz CT molecular complexity index is 438. The first-order chi connectivity index (χ1) is 9.38. The van der Waals surface area contributed by atoms with Crippen molar-refractivity contribution in [1.82, 2.24) is 16.0 Å². The molecule has 0 aliphatic rings. The predicted molar refractivity (Wildman–Crippen MR) is 79.7 cm³/mol. The van der Waals surface area contributed by atoms with Crippen molar-refractivity contribution in [3.05, 3.63) is 35.9 Å². The second kappa shape index (κ2) is 7.53. The summed E-state index contributed by atoms with van der Waals surface area (Å²) in [6.07, 6.45) is 0.691. The van der Waals surface area contributed by atoms with Crippen LogP contribution in [0.2, 0.25) is 0 Å². The molecule has 0 aromatic heterocycles. The second-order valence-corrected chi connectivity index (χ2v) is 5.61. The van der Waals surface area contributed by atoms with Gasteiger partial charge in [-0.2, -0.15) is 0 Å². The lowest BCUT2D eigenvalue weighted by Crippen LogP contribution is -2.46. The van der Waals surface area contributed by atoms with Gasteiger partial charge in [0.2, 0.25) is 0 Å².